The van der Waals surface area contributed by atoms with E-state index in [9.17, 15) is 0 Å². The summed E-state index contributed by atoms with van der Waals surface area (Å²) in [7, 11) is 0. The molecule has 0 aromatic heterocycles. The third kappa shape index (κ3) is 2.43. The van der Waals surface area contributed by atoms with Crippen molar-refractivity contribution < 1.29 is 0 Å². The van der Waals surface area contributed by atoms with Crippen LogP contribution in [0.25, 0.3) is 22.3 Å². The molecular weight excluding hydrogens is 348 g/mol. The van der Waals surface area contributed by atoms with Crippen molar-refractivity contribution in [3.05, 3.63) is 82.9 Å². The summed E-state index contributed by atoms with van der Waals surface area (Å²) in [6.45, 7) is 2.33. The van der Waals surface area contributed by atoms with Crippen molar-refractivity contribution >= 4 is 11.6 Å². The quantitative estimate of drug-likeness (QED) is 0.438. The normalized spacial score (nSPS) is 22.8. The Labute approximate surface area is 167 Å². The Kier molecular flexibility index (Phi) is 4.13. The first-order valence-corrected chi connectivity index (χ1v) is 10.6. The van der Waals surface area contributed by atoms with Crippen LogP contribution in [0.4, 0.5) is 0 Å². The number of hydrogen-bond donors (Lipinski definition) is 0. The summed E-state index contributed by atoms with van der Waals surface area (Å²) in [5.41, 5.74) is 8.56. The standard InChI is InChI=1S/C26H25Cl/c1-2-8-19-9-7-16-26(19)23-12-5-3-11-21(23)22-15-14-18(17-24(22)26)20-10-4-6-13-25(20)27/h3-6,10-15,17,19H,2,7-9,16H2,1H3. The van der Waals surface area contributed by atoms with Gasteiger partial charge in [0.05, 0.1) is 0 Å². The highest BCUT2D eigenvalue weighted by molar-refractivity contribution is 6.33. The maximum absolute atomic E-state index is 6.53. The zero-order chi connectivity index (χ0) is 18.4. The van der Waals surface area contributed by atoms with E-state index in [0.717, 1.165) is 16.5 Å². The molecule has 1 spiro atoms. The van der Waals surface area contributed by atoms with Crippen LogP contribution in [0.15, 0.2) is 66.7 Å². The summed E-state index contributed by atoms with van der Waals surface area (Å²) in [5.74, 6) is 0.742. The summed E-state index contributed by atoms with van der Waals surface area (Å²) in [4.78, 5) is 0. The molecule has 0 amide bonds. The summed E-state index contributed by atoms with van der Waals surface area (Å²) >= 11 is 6.53. The topological polar surface area (TPSA) is 0 Å². The van der Waals surface area contributed by atoms with Crippen molar-refractivity contribution in [2.45, 2.75) is 44.4 Å². The first-order valence-electron chi connectivity index (χ1n) is 10.2. The van der Waals surface area contributed by atoms with E-state index < -0.39 is 0 Å². The Morgan fingerprint density at radius 2 is 1.63 bits per heavy atom. The van der Waals surface area contributed by atoms with Gasteiger partial charge in [-0.05, 0) is 65.1 Å². The van der Waals surface area contributed by atoms with E-state index in [0.29, 0.717) is 0 Å². The second-order valence-corrected chi connectivity index (χ2v) is 8.54. The van der Waals surface area contributed by atoms with Gasteiger partial charge in [0.1, 0.15) is 0 Å². The average molecular weight is 373 g/mol. The van der Waals surface area contributed by atoms with Crippen LogP contribution in [-0.4, -0.2) is 0 Å². The molecule has 3 aromatic rings. The molecular formula is C26H25Cl. The zero-order valence-corrected chi connectivity index (χ0v) is 16.6. The predicted molar refractivity (Wildman–Crippen MR) is 115 cm³/mol. The first-order chi connectivity index (χ1) is 13.3. The molecule has 0 nitrogen and oxygen atoms in total. The van der Waals surface area contributed by atoms with Gasteiger partial charge < -0.3 is 0 Å². The maximum atomic E-state index is 6.53. The Balaban J connectivity index is 1.75. The summed E-state index contributed by atoms with van der Waals surface area (Å²) in [6, 6.07) is 24.4. The lowest BCUT2D eigenvalue weighted by molar-refractivity contribution is 0.355. The Morgan fingerprint density at radius 1 is 0.889 bits per heavy atom. The van der Waals surface area contributed by atoms with Gasteiger partial charge in [-0.3, -0.25) is 0 Å². The minimum Gasteiger partial charge on any atom is -0.0837 e. The van der Waals surface area contributed by atoms with Crippen molar-refractivity contribution in [2.75, 3.05) is 0 Å². The van der Waals surface area contributed by atoms with Crippen LogP contribution in [0, 0.1) is 5.92 Å². The van der Waals surface area contributed by atoms with Gasteiger partial charge in [0.15, 0.2) is 0 Å². The van der Waals surface area contributed by atoms with E-state index in [1.165, 1.54) is 54.4 Å². The summed E-state index contributed by atoms with van der Waals surface area (Å²) < 4.78 is 0. The number of benzene rings is 3. The second-order valence-electron chi connectivity index (χ2n) is 8.13. The molecule has 2 aliphatic rings. The Morgan fingerprint density at radius 3 is 2.44 bits per heavy atom. The lowest BCUT2D eigenvalue weighted by Gasteiger charge is -2.34. The van der Waals surface area contributed by atoms with Crippen LogP contribution in [0.3, 0.4) is 0 Å². The minimum atomic E-state index is 0.194. The van der Waals surface area contributed by atoms with Gasteiger partial charge >= 0.3 is 0 Å². The van der Waals surface area contributed by atoms with Crippen LogP contribution in [0.2, 0.25) is 5.02 Å². The van der Waals surface area contributed by atoms with Gasteiger partial charge in [0.2, 0.25) is 0 Å². The van der Waals surface area contributed by atoms with Crippen LogP contribution >= 0.6 is 11.6 Å². The third-order valence-electron chi connectivity index (χ3n) is 6.84. The predicted octanol–water partition coefficient (Wildman–Crippen LogP) is 7.87. The lowest BCUT2D eigenvalue weighted by atomic mass is 9.68. The van der Waals surface area contributed by atoms with Gasteiger partial charge in [-0.2, -0.15) is 0 Å². The van der Waals surface area contributed by atoms with Crippen molar-refractivity contribution in [1.29, 1.82) is 0 Å². The SMILES string of the molecule is CCCC1CCCC12c1ccccc1-c1ccc(-c3ccccc3Cl)cc12. The lowest BCUT2D eigenvalue weighted by Crippen LogP contribution is -2.29. The maximum Gasteiger partial charge on any atom is 0.0484 e. The molecule has 27 heavy (non-hydrogen) atoms. The molecule has 1 fully saturated rings. The molecule has 1 heteroatoms. The monoisotopic (exact) mass is 372 g/mol. The van der Waals surface area contributed by atoms with Crippen molar-refractivity contribution in [3.8, 4) is 22.3 Å². The number of hydrogen-bond acceptors (Lipinski definition) is 0. The number of rotatable bonds is 3. The van der Waals surface area contributed by atoms with Gasteiger partial charge in [-0.1, -0.05) is 86.0 Å². The molecule has 136 valence electrons. The molecule has 2 aliphatic carbocycles. The minimum absolute atomic E-state index is 0.194. The molecule has 0 N–H and O–H groups in total. The van der Waals surface area contributed by atoms with Crippen molar-refractivity contribution in [1.82, 2.24) is 0 Å². The molecule has 0 saturated heterocycles. The van der Waals surface area contributed by atoms with E-state index in [1.807, 2.05) is 12.1 Å². The highest BCUT2D eigenvalue weighted by atomic mass is 35.5. The van der Waals surface area contributed by atoms with Crippen molar-refractivity contribution in [3.63, 3.8) is 0 Å². The molecule has 0 radical (unpaired) electrons. The molecule has 3 aromatic carbocycles. The number of fused-ring (bicyclic) bond motifs is 5. The molecule has 2 unspecified atom stereocenters. The second kappa shape index (κ2) is 6.53. The highest BCUT2D eigenvalue weighted by Gasteiger charge is 2.50. The highest BCUT2D eigenvalue weighted by Crippen LogP contribution is 2.60. The van der Waals surface area contributed by atoms with E-state index in [1.54, 1.807) is 5.56 Å². The molecule has 0 aliphatic heterocycles. The van der Waals surface area contributed by atoms with E-state index in [-0.39, 0.29) is 5.41 Å². The van der Waals surface area contributed by atoms with Crippen LogP contribution in [-0.2, 0) is 5.41 Å². The van der Waals surface area contributed by atoms with Crippen LogP contribution in [0.5, 0.6) is 0 Å². The smallest absolute Gasteiger partial charge is 0.0484 e. The third-order valence-corrected chi connectivity index (χ3v) is 7.17. The fourth-order valence-corrected chi connectivity index (χ4v) is 6.03. The van der Waals surface area contributed by atoms with E-state index >= 15 is 0 Å². The number of halogens is 1. The van der Waals surface area contributed by atoms with Gasteiger partial charge in [-0.25, -0.2) is 0 Å². The van der Waals surface area contributed by atoms with Crippen molar-refractivity contribution in [2.24, 2.45) is 5.92 Å². The van der Waals surface area contributed by atoms with Gasteiger partial charge in [0.25, 0.3) is 0 Å². The molecule has 0 bridgehead atoms. The van der Waals surface area contributed by atoms with E-state index in [2.05, 4.69) is 61.5 Å². The van der Waals surface area contributed by atoms with Crippen LogP contribution in [0.1, 0.15) is 50.2 Å². The van der Waals surface area contributed by atoms with Crippen LogP contribution < -0.4 is 0 Å². The van der Waals surface area contributed by atoms with Gasteiger partial charge in [0, 0.05) is 16.0 Å². The summed E-state index contributed by atoms with van der Waals surface area (Å²) in [6.07, 6.45) is 6.51. The fraction of sp³-hybridized carbons (Fsp3) is 0.308. The van der Waals surface area contributed by atoms with Gasteiger partial charge in [-0.15, -0.1) is 0 Å². The van der Waals surface area contributed by atoms with E-state index in [4.69, 9.17) is 11.6 Å². The molecule has 5 rings (SSSR count). The Hall–Kier alpha value is -2.05. The fourth-order valence-electron chi connectivity index (χ4n) is 5.79. The molecule has 2 atom stereocenters. The summed E-state index contributed by atoms with van der Waals surface area (Å²) in [5, 5.41) is 0.832. The average Bonchev–Trinajstić information content (AvgIpc) is 3.24. The first kappa shape index (κ1) is 17.1. The largest absolute Gasteiger partial charge is 0.0837 e. The molecule has 1 saturated carbocycles. The molecule has 0 heterocycles. The zero-order valence-electron chi connectivity index (χ0n) is 15.8. The Bertz CT molecular complexity index is 1000.